The molecule has 0 spiro atoms. The lowest BCUT2D eigenvalue weighted by Gasteiger charge is -2.24. The molecule has 3 N–H and O–H groups in total. The third-order valence-electron chi connectivity index (χ3n) is 1.91. The molecule has 1 aromatic rings. The lowest BCUT2D eigenvalue weighted by molar-refractivity contribution is 0.414. The Hall–Kier alpha value is -0.380. The van der Waals surface area contributed by atoms with Crippen molar-refractivity contribution < 1.29 is 0 Å². The van der Waals surface area contributed by atoms with E-state index in [0.29, 0.717) is 0 Å². The van der Waals surface area contributed by atoms with Crippen molar-refractivity contribution in [2.24, 2.45) is 5.84 Å². The van der Waals surface area contributed by atoms with Crippen molar-refractivity contribution in [1.82, 2.24) is 5.43 Å². The fourth-order valence-corrected chi connectivity index (χ4v) is 1.36. The van der Waals surface area contributed by atoms with Crippen LogP contribution in [0, 0.1) is 0 Å². The maximum Gasteiger partial charge on any atom is 0.0513 e. The number of hydrogen-bond acceptors (Lipinski definition) is 2. The van der Waals surface area contributed by atoms with Gasteiger partial charge in [0.2, 0.25) is 0 Å². The van der Waals surface area contributed by atoms with Gasteiger partial charge in [0.25, 0.3) is 0 Å². The third-order valence-corrected chi connectivity index (χ3v) is 2.40. The Morgan fingerprint density at radius 2 is 2.08 bits per heavy atom. The van der Waals surface area contributed by atoms with Gasteiger partial charge in [0, 0.05) is 4.47 Å². The van der Waals surface area contributed by atoms with E-state index in [-0.39, 0.29) is 5.54 Å². The van der Waals surface area contributed by atoms with E-state index >= 15 is 0 Å². The number of hydrogen-bond donors (Lipinski definition) is 2. The van der Waals surface area contributed by atoms with Gasteiger partial charge < -0.3 is 0 Å². The Kier molecular flexibility index (Phi) is 2.88. The van der Waals surface area contributed by atoms with Gasteiger partial charge >= 0.3 is 0 Å². The lowest BCUT2D eigenvalue weighted by atomic mass is 9.95. The Morgan fingerprint density at radius 1 is 1.42 bits per heavy atom. The van der Waals surface area contributed by atoms with Crippen molar-refractivity contribution in [3.8, 4) is 0 Å². The van der Waals surface area contributed by atoms with Crippen molar-refractivity contribution in [3.63, 3.8) is 0 Å². The summed E-state index contributed by atoms with van der Waals surface area (Å²) in [6.07, 6.45) is 0. The molecule has 0 unspecified atom stereocenters. The summed E-state index contributed by atoms with van der Waals surface area (Å²) in [5.41, 5.74) is 3.75. The van der Waals surface area contributed by atoms with Crippen LogP contribution in [-0.2, 0) is 5.54 Å². The molecular weight excluding hydrogens is 216 g/mol. The maximum absolute atomic E-state index is 5.42. The van der Waals surface area contributed by atoms with Crippen molar-refractivity contribution in [2.75, 3.05) is 0 Å². The van der Waals surface area contributed by atoms with E-state index in [0.717, 1.165) is 4.47 Å². The molecule has 0 aliphatic heterocycles. The minimum Gasteiger partial charge on any atom is -0.271 e. The standard InChI is InChI=1S/C9H13BrN2/c1-9(2,12-11)7-4-3-5-8(10)6-7/h3-6,12H,11H2,1-2H3. The molecule has 0 aliphatic carbocycles. The molecule has 0 saturated carbocycles. The second-order valence-electron chi connectivity index (χ2n) is 3.28. The van der Waals surface area contributed by atoms with Gasteiger partial charge in [0.1, 0.15) is 0 Å². The summed E-state index contributed by atoms with van der Waals surface area (Å²) in [7, 11) is 0. The van der Waals surface area contributed by atoms with Crippen LogP contribution < -0.4 is 11.3 Å². The molecule has 2 nitrogen and oxygen atoms in total. The van der Waals surface area contributed by atoms with E-state index in [4.69, 9.17) is 5.84 Å². The molecule has 12 heavy (non-hydrogen) atoms. The van der Waals surface area contributed by atoms with Crippen molar-refractivity contribution >= 4 is 15.9 Å². The molecule has 0 radical (unpaired) electrons. The van der Waals surface area contributed by atoms with Crippen molar-refractivity contribution in [3.05, 3.63) is 34.3 Å². The summed E-state index contributed by atoms with van der Waals surface area (Å²) in [6, 6.07) is 8.10. The molecule has 66 valence electrons. The largest absolute Gasteiger partial charge is 0.271 e. The Balaban J connectivity index is 3.03. The molecule has 0 fully saturated rings. The average molecular weight is 229 g/mol. The predicted molar refractivity (Wildman–Crippen MR) is 54.5 cm³/mol. The molecule has 0 amide bonds. The lowest BCUT2D eigenvalue weighted by Crippen LogP contribution is -2.41. The molecule has 0 bridgehead atoms. The fourth-order valence-electron chi connectivity index (χ4n) is 0.961. The van der Waals surface area contributed by atoms with Gasteiger partial charge in [-0.1, -0.05) is 28.1 Å². The molecule has 0 atom stereocenters. The average Bonchev–Trinajstić information content (AvgIpc) is 2.05. The number of nitrogens with one attached hydrogen (secondary N) is 1. The first kappa shape index (κ1) is 9.71. The van der Waals surface area contributed by atoms with Gasteiger partial charge in [-0.2, -0.15) is 0 Å². The van der Waals surface area contributed by atoms with Gasteiger partial charge in [0.15, 0.2) is 0 Å². The van der Waals surface area contributed by atoms with Crippen molar-refractivity contribution in [1.29, 1.82) is 0 Å². The van der Waals surface area contributed by atoms with E-state index in [2.05, 4.69) is 27.4 Å². The van der Waals surface area contributed by atoms with Gasteiger partial charge in [-0.05, 0) is 31.5 Å². The molecule has 1 aromatic carbocycles. The molecule has 0 aromatic heterocycles. The smallest absolute Gasteiger partial charge is 0.0513 e. The zero-order valence-electron chi connectivity index (χ0n) is 7.26. The number of rotatable bonds is 2. The highest BCUT2D eigenvalue weighted by molar-refractivity contribution is 9.10. The highest BCUT2D eigenvalue weighted by Crippen LogP contribution is 2.21. The zero-order chi connectivity index (χ0) is 9.19. The third kappa shape index (κ3) is 2.06. The normalized spacial score (nSPS) is 11.7. The number of hydrazine groups is 1. The zero-order valence-corrected chi connectivity index (χ0v) is 8.85. The number of halogens is 1. The van der Waals surface area contributed by atoms with Crippen LogP contribution in [0.4, 0.5) is 0 Å². The minimum atomic E-state index is -0.177. The van der Waals surface area contributed by atoms with Crippen LogP contribution >= 0.6 is 15.9 Å². The van der Waals surface area contributed by atoms with Gasteiger partial charge in [0.05, 0.1) is 5.54 Å². The quantitative estimate of drug-likeness (QED) is 0.602. The second-order valence-corrected chi connectivity index (χ2v) is 4.20. The maximum atomic E-state index is 5.42. The second kappa shape index (κ2) is 3.56. The SMILES string of the molecule is CC(C)(NN)c1cccc(Br)c1. The molecule has 3 heteroatoms. The highest BCUT2D eigenvalue weighted by Gasteiger charge is 2.17. The number of benzene rings is 1. The molecule has 0 heterocycles. The highest BCUT2D eigenvalue weighted by atomic mass is 79.9. The van der Waals surface area contributed by atoms with Crippen LogP contribution in [0.5, 0.6) is 0 Å². The van der Waals surface area contributed by atoms with E-state index in [1.165, 1.54) is 5.56 Å². The summed E-state index contributed by atoms with van der Waals surface area (Å²) in [5, 5.41) is 0. The summed E-state index contributed by atoms with van der Waals surface area (Å²) in [6.45, 7) is 4.07. The van der Waals surface area contributed by atoms with Crippen LogP contribution in [0.3, 0.4) is 0 Å². The van der Waals surface area contributed by atoms with E-state index < -0.39 is 0 Å². The summed E-state index contributed by atoms with van der Waals surface area (Å²) in [5.74, 6) is 5.42. The fraction of sp³-hybridized carbons (Fsp3) is 0.333. The van der Waals surface area contributed by atoms with E-state index in [9.17, 15) is 0 Å². The van der Waals surface area contributed by atoms with E-state index in [1.807, 2.05) is 32.0 Å². The van der Waals surface area contributed by atoms with Crippen LogP contribution in [0.1, 0.15) is 19.4 Å². The Bertz CT molecular complexity index is 271. The Morgan fingerprint density at radius 3 is 2.58 bits per heavy atom. The summed E-state index contributed by atoms with van der Waals surface area (Å²) < 4.78 is 1.07. The summed E-state index contributed by atoms with van der Waals surface area (Å²) >= 11 is 3.42. The first-order valence-corrected chi connectivity index (χ1v) is 4.59. The number of nitrogens with two attached hydrogens (primary N) is 1. The molecule has 1 rings (SSSR count). The van der Waals surface area contributed by atoms with Crippen LogP contribution in [0.15, 0.2) is 28.7 Å². The minimum absolute atomic E-state index is 0.177. The van der Waals surface area contributed by atoms with Crippen LogP contribution in [0.2, 0.25) is 0 Å². The van der Waals surface area contributed by atoms with Crippen LogP contribution in [0.25, 0.3) is 0 Å². The first-order chi connectivity index (χ1) is 5.56. The molecular formula is C9H13BrN2. The van der Waals surface area contributed by atoms with Gasteiger partial charge in [-0.25, -0.2) is 0 Å². The molecule has 0 saturated heterocycles. The monoisotopic (exact) mass is 228 g/mol. The first-order valence-electron chi connectivity index (χ1n) is 3.80. The topological polar surface area (TPSA) is 38.0 Å². The predicted octanol–water partition coefficient (Wildman–Crippen LogP) is 2.15. The van der Waals surface area contributed by atoms with Gasteiger partial charge in [-0.3, -0.25) is 11.3 Å². The summed E-state index contributed by atoms with van der Waals surface area (Å²) in [4.78, 5) is 0. The Labute approximate surface area is 81.3 Å². The van der Waals surface area contributed by atoms with Gasteiger partial charge in [-0.15, -0.1) is 0 Å². The van der Waals surface area contributed by atoms with Crippen LogP contribution in [-0.4, -0.2) is 0 Å². The van der Waals surface area contributed by atoms with Crippen molar-refractivity contribution in [2.45, 2.75) is 19.4 Å². The molecule has 0 aliphatic rings. The van der Waals surface area contributed by atoms with E-state index in [1.54, 1.807) is 0 Å².